The first-order chi connectivity index (χ1) is 13.9. The largest absolute Gasteiger partial charge is 0.496 e. The van der Waals surface area contributed by atoms with Crippen LogP contribution in [0.3, 0.4) is 0 Å². The molecule has 2 aromatic carbocycles. The van der Waals surface area contributed by atoms with Gasteiger partial charge in [0.2, 0.25) is 0 Å². The monoisotopic (exact) mass is 416 g/mol. The standard InChI is InChI=1S/C20H17FN2O5S/c1-26-13-8-16(27-2)14(17(9-13)28-3)10-15-18(24)22-20(29)23(19(15)25)12-6-4-5-11(21)7-12/h4-10H,1-3H3,(H,22,24,29)/b15-10+. The van der Waals surface area contributed by atoms with Crippen LogP contribution in [0.1, 0.15) is 5.56 Å². The summed E-state index contributed by atoms with van der Waals surface area (Å²) < 4.78 is 29.5. The summed E-state index contributed by atoms with van der Waals surface area (Å²) in [5.74, 6) is -0.793. The maximum atomic E-state index is 13.6. The number of hydrogen-bond acceptors (Lipinski definition) is 6. The van der Waals surface area contributed by atoms with E-state index in [0.717, 1.165) is 11.0 Å². The second-order valence-electron chi connectivity index (χ2n) is 5.88. The van der Waals surface area contributed by atoms with E-state index in [1.807, 2.05) is 0 Å². The number of halogens is 1. The zero-order chi connectivity index (χ0) is 21.1. The van der Waals surface area contributed by atoms with E-state index >= 15 is 0 Å². The molecule has 0 radical (unpaired) electrons. The van der Waals surface area contributed by atoms with Gasteiger partial charge in [-0.25, -0.2) is 4.39 Å². The Morgan fingerprint density at radius 1 is 1.03 bits per heavy atom. The van der Waals surface area contributed by atoms with Crippen LogP contribution in [0.15, 0.2) is 42.0 Å². The van der Waals surface area contributed by atoms with Gasteiger partial charge in [0, 0.05) is 12.1 Å². The summed E-state index contributed by atoms with van der Waals surface area (Å²) in [6, 6.07) is 8.52. The minimum Gasteiger partial charge on any atom is -0.496 e. The number of amides is 2. The van der Waals surface area contributed by atoms with Gasteiger partial charge in [-0.05, 0) is 36.5 Å². The smallest absolute Gasteiger partial charge is 0.270 e. The number of methoxy groups -OCH3 is 3. The molecule has 7 nitrogen and oxygen atoms in total. The highest BCUT2D eigenvalue weighted by Gasteiger charge is 2.35. The molecule has 1 N–H and O–H groups in total. The fourth-order valence-corrected chi connectivity index (χ4v) is 3.11. The van der Waals surface area contributed by atoms with Gasteiger partial charge in [0.05, 0.1) is 32.6 Å². The molecule has 0 spiro atoms. The van der Waals surface area contributed by atoms with Crippen molar-refractivity contribution >= 4 is 40.9 Å². The molecule has 3 rings (SSSR count). The highest BCUT2D eigenvalue weighted by Crippen LogP contribution is 2.36. The second-order valence-corrected chi connectivity index (χ2v) is 6.27. The molecule has 0 aromatic heterocycles. The number of ether oxygens (including phenoxy) is 3. The Hall–Kier alpha value is -3.46. The third kappa shape index (κ3) is 3.90. The van der Waals surface area contributed by atoms with Crippen molar-refractivity contribution in [2.45, 2.75) is 0 Å². The molecule has 0 unspecified atom stereocenters. The van der Waals surface area contributed by atoms with Gasteiger partial charge >= 0.3 is 0 Å². The lowest BCUT2D eigenvalue weighted by atomic mass is 10.0. The van der Waals surface area contributed by atoms with Crippen molar-refractivity contribution in [3.8, 4) is 17.2 Å². The highest BCUT2D eigenvalue weighted by atomic mass is 32.1. The first kappa shape index (κ1) is 20.3. The van der Waals surface area contributed by atoms with E-state index in [1.165, 1.54) is 45.6 Å². The van der Waals surface area contributed by atoms with Gasteiger partial charge in [-0.2, -0.15) is 0 Å². The molecule has 1 saturated heterocycles. The van der Waals surface area contributed by atoms with Crippen LogP contribution in [0, 0.1) is 5.82 Å². The Labute approximate surface area is 171 Å². The summed E-state index contributed by atoms with van der Waals surface area (Å²) in [5, 5.41) is 2.30. The molecule has 2 amide bonds. The maximum Gasteiger partial charge on any atom is 0.270 e. The number of carbonyl (C=O) groups excluding carboxylic acids is 2. The molecule has 2 aromatic rings. The van der Waals surface area contributed by atoms with Crippen LogP contribution in [-0.4, -0.2) is 38.3 Å². The van der Waals surface area contributed by atoms with Crippen LogP contribution in [0.4, 0.5) is 10.1 Å². The van der Waals surface area contributed by atoms with E-state index in [1.54, 1.807) is 12.1 Å². The third-order valence-electron chi connectivity index (χ3n) is 4.21. The number of benzene rings is 2. The Morgan fingerprint density at radius 3 is 2.24 bits per heavy atom. The van der Waals surface area contributed by atoms with Crippen LogP contribution in [-0.2, 0) is 9.59 Å². The van der Waals surface area contributed by atoms with E-state index in [2.05, 4.69) is 5.32 Å². The minimum absolute atomic E-state index is 0.142. The molecule has 1 fully saturated rings. The molecule has 150 valence electrons. The van der Waals surface area contributed by atoms with Crippen molar-refractivity contribution in [2.24, 2.45) is 0 Å². The molecule has 1 heterocycles. The summed E-state index contributed by atoms with van der Waals surface area (Å²) in [5.41, 5.74) is 0.338. The van der Waals surface area contributed by atoms with Crippen molar-refractivity contribution in [1.82, 2.24) is 5.32 Å². The average molecular weight is 416 g/mol. The van der Waals surface area contributed by atoms with Gasteiger partial charge in [-0.3, -0.25) is 19.8 Å². The number of thiocarbonyl (C=S) groups is 1. The number of carbonyl (C=O) groups is 2. The predicted molar refractivity (Wildman–Crippen MR) is 109 cm³/mol. The van der Waals surface area contributed by atoms with Gasteiger partial charge in [0.1, 0.15) is 28.6 Å². The topological polar surface area (TPSA) is 77.1 Å². The lowest BCUT2D eigenvalue weighted by Crippen LogP contribution is -2.54. The molecule has 29 heavy (non-hydrogen) atoms. The van der Waals surface area contributed by atoms with Crippen LogP contribution in [0.25, 0.3) is 6.08 Å². The van der Waals surface area contributed by atoms with Gasteiger partial charge in [0.25, 0.3) is 11.8 Å². The van der Waals surface area contributed by atoms with Gasteiger partial charge in [-0.1, -0.05) is 6.07 Å². The second kappa shape index (κ2) is 8.27. The van der Waals surface area contributed by atoms with Crippen molar-refractivity contribution < 1.29 is 28.2 Å². The Morgan fingerprint density at radius 2 is 1.69 bits per heavy atom. The lowest BCUT2D eigenvalue weighted by molar-refractivity contribution is -0.122. The average Bonchev–Trinajstić information content (AvgIpc) is 2.70. The first-order valence-electron chi connectivity index (χ1n) is 8.36. The number of nitrogens with one attached hydrogen (secondary N) is 1. The summed E-state index contributed by atoms with van der Waals surface area (Å²) in [6.07, 6.45) is 1.34. The van der Waals surface area contributed by atoms with Crippen LogP contribution >= 0.6 is 12.2 Å². The summed E-state index contributed by atoms with van der Waals surface area (Å²) >= 11 is 5.11. The molecule has 9 heteroatoms. The molecule has 0 saturated carbocycles. The van der Waals surface area contributed by atoms with Crippen LogP contribution in [0.2, 0.25) is 0 Å². The zero-order valence-electron chi connectivity index (χ0n) is 15.8. The molecule has 0 aliphatic carbocycles. The summed E-state index contributed by atoms with van der Waals surface area (Å²) in [6.45, 7) is 0. The molecule has 0 atom stereocenters. The Kier molecular flexibility index (Phi) is 5.79. The minimum atomic E-state index is -0.704. The van der Waals surface area contributed by atoms with Gasteiger partial charge in [-0.15, -0.1) is 0 Å². The number of anilines is 1. The number of nitrogens with zero attached hydrogens (tertiary/aromatic N) is 1. The molecule has 1 aliphatic heterocycles. The van der Waals surface area contributed by atoms with E-state index in [9.17, 15) is 14.0 Å². The quantitative estimate of drug-likeness (QED) is 0.459. The van der Waals surface area contributed by atoms with Crippen molar-refractivity contribution in [3.05, 3.63) is 53.4 Å². The fourth-order valence-electron chi connectivity index (χ4n) is 2.83. The van der Waals surface area contributed by atoms with Crippen LogP contribution < -0.4 is 24.4 Å². The van der Waals surface area contributed by atoms with Crippen molar-refractivity contribution in [2.75, 3.05) is 26.2 Å². The predicted octanol–water partition coefficient (Wildman–Crippen LogP) is 2.68. The third-order valence-corrected chi connectivity index (χ3v) is 4.49. The highest BCUT2D eigenvalue weighted by molar-refractivity contribution is 7.80. The fraction of sp³-hybridized carbons (Fsp3) is 0.150. The molecule has 1 aliphatic rings. The van der Waals surface area contributed by atoms with E-state index < -0.39 is 17.6 Å². The zero-order valence-corrected chi connectivity index (χ0v) is 16.6. The summed E-state index contributed by atoms with van der Waals surface area (Å²) in [7, 11) is 4.36. The molecular formula is C20H17FN2O5S. The van der Waals surface area contributed by atoms with Gasteiger partial charge < -0.3 is 14.2 Å². The number of hydrogen-bond donors (Lipinski definition) is 1. The lowest BCUT2D eigenvalue weighted by Gasteiger charge is -2.29. The van der Waals surface area contributed by atoms with Crippen molar-refractivity contribution in [3.63, 3.8) is 0 Å². The summed E-state index contributed by atoms with van der Waals surface area (Å²) in [4.78, 5) is 26.6. The number of rotatable bonds is 5. The SMILES string of the molecule is COc1cc(OC)c(/C=C2\C(=O)NC(=S)N(c3cccc(F)c3)C2=O)c(OC)c1. The van der Waals surface area contributed by atoms with Crippen molar-refractivity contribution in [1.29, 1.82) is 0 Å². The van der Waals surface area contributed by atoms with E-state index in [4.69, 9.17) is 26.4 Å². The maximum absolute atomic E-state index is 13.6. The molecule has 0 bridgehead atoms. The first-order valence-corrected chi connectivity index (χ1v) is 8.77. The van der Waals surface area contributed by atoms with E-state index in [-0.39, 0.29) is 16.4 Å². The normalized spacial score (nSPS) is 15.4. The Bertz CT molecular complexity index is 1010. The Balaban J connectivity index is 2.12. The van der Waals surface area contributed by atoms with Gasteiger partial charge in [0.15, 0.2) is 5.11 Å². The molecular weight excluding hydrogens is 399 g/mol. The van der Waals surface area contributed by atoms with Crippen LogP contribution in [0.5, 0.6) is 17.2 Å². The van der Waals surface area contributed by atoms with E-state index in [0.29, 0.717) is 22.8 Å².